The first-order valence-electron chi connectivity index (χ1n) is 12.4. The minimum atomic E-state index is -4.79. The van der Waals surface area contributed by atoms with Crippen molar-refractivity contribution in [3.63, 3.8) is 0 Å². The molecule has 1 aliphatic heterocycles. The van der Waals surface area contributed by atoms with Gasteiger partial charge < -0.3 is 25.1 Å². The molecule has 0 bridgehead atoms. The quantitative estimate of drug-likeness (QED) is 0.334. The largest absolute Gasteiger partial charge is 0.573 e. The van der Waals surface area contributed by atoms with Gasteiger partial charge in [0.1, 0.15) is 17.2 Å². The Labute approximate surface area is 224 Å². The third-order valence-electron chi connectivity index (χ3n) is 5.95. The fourth-order valence-electron chi connectivity index (χ4n) is 4.05. The molecular formula is C27H31F3N6O3. The van der Waals surface area contributed by atoms with Gasteiger partial charge in [0.25, 0.3) is 0 Å². The maximum Gasteiger partial charge on any atom is 0.573 e. The summed E-state index contributed by atoms with van der Waals surface area (Å²) in [5, 5.41) is 16.6. The molecule has 1 amide bonds. The van der Waals surface area contributed by atoms with Gasteiger partial charge in [0.15, 0.2) is 0 Å². The maximum absolute atomic E-state index is 12.6. The Kier molecular flexibility index (Phi) is 7.58. The van der Waals surface area contributed by atoms with Gasteiger partial charge in [-0.2, -0.15) is 5.10 Å². The van der Waals surface area contributed by atoms with Gasteiger partial charge in [-0.3, -0.25) is 4.68 Å². The fourth-order valence-corrected chi connectivity index (χ4v) is 4.05. The average Bonchev–Trinajstić information content (AvgIpc) is 3.27. The Hall–Kier alpha value is -4.09. The SMILES string of the molecule is CC(C)n1cc(-c2ccnc(Nc3ccc(OC(F)(F)F)cc3)c2C(=N)C2CN(C(=O)OC(C)(C)C)C2)cn1. The zero-order valence-corrected chi connectivity index (χ0v) is 22.3. The number of carbonyl (C=O) groups is 1. The van der Waals surface area contributed by atoms with Crippen molar-refractivity contribution < 1.29 is 27.4 Å². The number of ether oxygens (including phenoxy) is 2. The number of anilines is 2. The predicted molar refractivity (Wildman–Crippen MR) is 140 cm³/mol. The van der Waals surface area contributed by atoms with E-state index in [0.717, 1.165) is 11.1 Å². The zero-order valence-electron chi connectivity index (χ0n) is 22.3. The van der Waals surface area contributed by atoms with Crippen molar-refractivity contribution in [2.75, 3.05) is 18.4 Å². The number of halogens is 3. The van der Waals surface area contributed by atoms with Gasteiger partial charge in [-0.1, -0.05) is 0 Å². The van der Waals surface area contributed by atoms with Gasteiger partial charge in [-0.25, -0.2) is 9.78 Å². The van der Waals surface area contributed by atoms with Crippen LogP contribution >= 0.6 is 0 Å². The van der Waals surface area contributed by atoms with Crippen LogP contribution < -0.4 is 10.1 Å². The van der Waals surface area contributed by atoms with E-state index in [0.29, 0.717) is 30.2 Å². The normalized spacial score (nSPS) is 14.2. The van der Waals surface area contributed by atoms with Crippen LogP contribution in [0.2, 0.25) is 0 Å². The summed E-state index contributed by atoms with van der Waals surface area (Å²) in [6.45, 7) is 10.0. The number of nitrogens with zero attached hydrogens (tertiary/aromatic N) is 4. The van der Waals surface area contributed by atoms with E-state index in [-0.39, 0.29) is 23.4 Å². The zero-order chi connectivity index (χ0) is 28.5. The third-order valence-corrected chi connectivity index (χ3v) is 5.95. The number of aromatic nitrogens is 3. The monoisotopic (exact) mass is 544 g/mol. The van der Waals surface area contributed by atoms with Gasteiger partial charge in [0, 0.05) is 60.0 Å². The molecule has 0 radical (unpaired) electrons. The smallest absolute Gasteiger partial charge is 0.444 e. The average molecular weight is 545 g/mol. The van der Waals surface area contributed by atoms with Crippen molar-refractivity contribution in [1.82, 2.24) is 19.7 Å². The van der Waals surface area contributed by atoms with E-state index in [1.54, 1.807) is 44.1 Å². The number of pyridine rings is 1. The third kappa shape index (κ3) is 6.87. The number of benzene rings is 1. The highest BCUT2D eigenvalue weighted by Crippen LogP contribution is 2.35. The van der Waals surface area contributed by atoms with Gasteiger partial charge >= 0.3 is 12.5 Å². The minimum absolute atomic E-state index is 0.132. The van der Waals surface area contributed by atoms with E-state index in [1.807, 2.05) is 24.7 Å². The molecule has 0 unspecified atom stereocenters. The summed E-state index contributed by atoms with van der Waals surface area (Å²) in [6, 6.07) is 7.19. The number of alkyl halides is 3. The van der Waals surface area contributed by atoms with Gasteiger partial charge in [0.05, 0.1) is 6.20 Å². The molecule has 3 heterocycles. The fraction of sp³-hybridized carbons (Fsp3) is 0.407. The van der Waals surface area contributed by atoms with E-state index >= 15 is 0 Å². The van der Waals surface area contributed by atoms with Crippen molar-refractivity contribution in [2.24, 2.45) is 5.92 Å². The molecule has 0 saturated carbocycles. The Morgan fingerprint density at radius 1 is 1.13 bits per heavy atom. The second-order valence-electron chi connectivity index (χ2n) is 10.6. The summed E-state index contributed by atoms with van der Waals surface area (Å²) in [5.41, 5.74) is 2.13. The van der Waals surface area contributed by atoms with Crippen LogP contribution in [-0.2, 0) is 4.74 Å². The van der Waals surface area contributed by atoms with Crippen molar-refractivity contribution in [3.8, 4) is 16.9 Å². The Morgan fingerprint density at radius 3 is 2.36 bits per heavy atom. The molecule has 0 aliphatic carbocycles. The van der Waals surface area contributed by atoms with Crippen LogP contribution in [0.3, 0.4) is 0 Å². The summed E-state index contributed by atoms with van der Waals surface area (Å²) in [4.78, 5) is 18.4. The van der Waals surface area contributed by atoms with Gasteiger partial charge in [-0.05, 0) is 70.5 Å². The van der Waals surface area contributed by atoms with E-state index in [9.17, 15) is 18.0 Å². The second-order valence-corrected chi connectivity index (χ2v) is 10.6. The number of likely N-dealkylation sites (tertiary alicyclic amines) is 1. The highest BCUT2D eigenvalue weighted by atomic mass is 19.4. The lowest BCUT2D eigenvalue weighted by molar-refractivity contribution is -0.274. The maximum atomic E-state index is 12.6. The Bertz CT molecular complexity index is 1340. The van der Waals surface area contributed by atoms with Crippen LogP contribution in [0, 0.1) is 11.3 Å². The van der Waals surface area contributed by atoms with Gasteiger partial charge in [-0.15, -0.1) is 13.2 Å². The van der Waals surface area contributed by atoms with Crippen LogP contribution in [0.15, 0.2) is 48.9 Å². The molecule has 3 aromatic rings. The standard InChI is InChI=1S/C27H31F3N6O3/c1-16(2)36-15-17(12-33-36)21-10-11-32-24(34-19-6-8-20(9-7-19)38-27(28,29)30)22(21)23(31)18-13-35(14-18)25(37)39-26(3,4)5/h6-12,15-16,18,31H,13-14H2,1-5H3,(H,32,34). The lowest BCUT2D eigenvalue weighted by Gasteiger charge is -2.40. The van der Waals surface area contributed by atoms with Crippen molar-refractivity contribution in [3.05, 3.63) is 54.5 Å². The number of rotatable bonds is 7. The molecule has 39 heavy (non-hydrogen) atoms. The molecule has 12 heteroatoms. The van der Waals surface area contributed by atoms with Crippen LogP contribution in [0.25, 0.3) is 11.1 Å². The summed E-state index contributed by atoms with van der Waals surface area (Å²) in [7, 11) is 0. The Morgan fingerprint density at radius 2 is 1.79 bits per heavy atom. The van der Waals surface area contributed by atoms with E-state index in [2.05, 4.69) is 20.1 Å². The predicted octanol–water partition coefficient (Wildman–Crippen LogP) is 6.40. The molecule has 9 nitrogen and oxygen atoms in total. The first kappa shape index (κ1) is 27.9. The number of amides is 1. The second kappa shape index (κ2) is 10.6. The van der Waals surface area contributed by atoms with E-state index < -0.39 is 18.1 Å². The van der Waals surface area contributed by atoms with Crippen LogP contribution in [0.1, 0.15) is 46.2 Å². The molecule has 2 N–H and O–H groups in total. The first-order chi connectivity index (χ1) is 18.2. The number of hydrogen-bond acceptors (Lipinski definition) is 7. The Balaban J connectivity index is 1.63. The van der Waals surface area contributed by atoms with Gasteiger partial charge in [0.2, 0.25) is 0 Å². The minimum Gasteiger partial charge on any atom is -0.444 e. The molecule has 4 rings (SSSR count). The summed E-state index contributed by atoms with van der Waals surface area (Å²) >= 11 is 0. The van der Waals surface area contributed by atoms with E-state index in [1.165, 1.54) is 24.3 Å². The summed E-state index contributed by atoms with van der Waals surface area (Å²) in [5.74, 6) is -0.251. The molecule has 1 saturated heterocycles. The highest BCUT2D eigenvalue weighted by molar-refractivity contribution is 6.10. The van der Waals surface area contributed by atoms with Crippen LogP contribution in [0.5, 0.6) is 5.75 Å². The lowest BCUT2D eigenvalue weighted by Crippen LogP contribution is -2.54. The molecule has 1 fully saturated rings. The molecule has 2 aromatic heterocycles. The number of nitrogens with one attached hydrogen (secondary N) is 2. The number of hydrogen-bond donors (Lipinski definition) is 2. The first-order valence-corrected chi connectivity index (χ1v) is 12.4. The molecule has 0 spiro atoms. The summed E-state index contributed by atoms with van der Waals surface area (Å²) < 4.78 is 48.8. The molecule has 0 atom stereocenters. The van der Waals surface area contributed by atoms with Crippen LogP contribution in [-0.4, -0.2) is 56.5 Å². The lowest BCUT2D eigenvalue weighted by atomic mass is 9.87. The molecular weight excluding hydrogens is 513 g/mol. The van der Waals surface area contributed by atoms with E-state index in [4.69, 9.17) is 10.1 Å². The highest BCUT2D eigenvalue weighted by Gasteiger charge is 2.38. The van der Waals surface area contributed by atoms with Crippen molar-refractivity contribution in [2.45, 2.75) is 52.6 Å². The van der Waals surface area contributed by atoms with Crippen LogP contribution in [0.4, 0.5) is 29.5 Å². The van der Waals surface area contributed by atoms with Crippen molar-refractivity contribution >= 4 is 23.3 Å². The topological polar surface area (TPSA) is 105 Å². The molecule has 1 aliphatic rings. The summed E-state index contributed by atoms with van der Waals surface area (Å²) in [6.07, 6.45) is -0.0277. The molecule has 208 valence electrons. The number of carbonyl (C=O) groups excluding carboxylic acids is 1. The molecule has 1 aromatic carbocycles. The van der Waals surface area contributed by atoms with Crippen molar-refractivity contribution in [1.29, 1.82) is 5.41 Å².